The fourth-order valence-electron chi connectivity index (χ4n) is 3.20. The van der Waals surface area contributed by atoms with Gasteiger partial charge in [0.15, 0.2) is 6.61 Å². The second kappa shape index (κ2) is 11.3. The smallest absolute Gasteiger partial charge is 0.416 e. The quantitative estimate of drug-likeness (QED) is 0.466. The Kier molecular flexibility index (Phi) is 8.21. The van der Waals surface area contributed by atoms with Crippen LogP contribution in [-0.4, -0.2) is 29.9 Å². The van der Waals surface area contributed by atoms with Crippen molar-refractivity contribution in [1.82, 2.24) is 4.90 Å². The number of alkyl halides is 3. The first-order chi connectivity index (χ1) is 15.8. The third kappa shape index (κ3) is 8.08. The van der Waals surface area contributed by atoms with Crippen LogP contribution in [0.2, 0.25) is 0 Å². The van der Waals surface area contributed by atoms with Crippen LogP contribution in [0.25, 0.3) is 0 Å². The molecule has 8 heteroatoms. The number of rotatable bonds is 9. The van der Waals surface area contributed by atoms with E-state index in [1.165, 1.54) is 12.1 Å². The number of amides is 1. The van der Waals surface area contributed by atoms with Crippen LogP contribution in [-0.2, 0) is 33.6 Å². The summed E-state index contributed by atoms with van der Waals surface area (Å²) in [5.41, 5.74) is 1.13. The predicted octanol–water partition coefficient (Wildman–Crippen LogP) is 4.89. The van der Waals surface area contributed by atoms with E-state index in [0.29, 0.717) is 13.1 Å². The summed E-state index contributed by atoms with van der Waals surface area (Å²) in [5, 5.41) is 2.31. The van der Waals surface area contributed by atoms with Gasteiger partial charge in [0.2, 0.25) is 0 Å². The third-order valence-electron chi connectivity index (χ3n) is 4.69. The lowest BCUT2D eigenvalue weighted by Gasteiger charge is -2.21. The molecule has 0 bridgehead atoms. The van der Waals surface area contributed by atoms with Crippen LogP contribution in [0, 0.1) is 0 Å². The first-order valence-electron chi connectivity index (χ1n) is 10.2. The highest BCUT2D eigenvalue weighted by atomic mass is 19.4. The summed E-state index contributed by atoms with van der Waals surface area (Å²) >= 11 is 0. The van der Waals surface area contributed by atoms with Crippen LogP contribution in [0.5, 0.6) is 0 Å². The van der Waals surface area contributed by atoms with Gasteiger partial charge in [0.05, 0.1) is 12.1 Å². The minimum Gasteiger partial charge on any atom is -0.455 e. The van der Waals surface area contributed by atoms with E-state index in [2.05, 4.69) is 5.32 Å². The highest BCUT2D eigenvalue weighted by molar-refractivity contribution is 5.93. The van der Waals surface area contributed by atoms with Crippen LogP contribution < -0.4 is 5.32 Å². The Morgan fingerprint density at radius 1 is 0.818 bits per heavy atom. The van der Waals surface area contributed by atoms with E-state index >= 15 is 0 Å². The fourth-order valence-corrected chi connectivity index (χ4v) is 3.20. The van der Waals surface area contributed by atoms with Crippen molar-refractivity contribution in [2.45, 2.75) is 19.3 Å². The molecule has 0 fully saturated rings. The molecule has 0 aliphatic carbocycles. The van der Waals surface area contributed by atoms with Crippen LogP contribution in [0.1, 0.15) is 16.7 Å². The lowest BCUT2D eigenvalue weighted by molar-refractivity contribution is -0.148. The number of benzene rings is 3. The normalized spacial score (nSPS) is 11.3. The molecule has 0 aliphatic rings. The van der Waals surface area contributed by atoms with Crippen molar-refractivity contribution in [3.63, 3.8) is 0 Å². The molecule has 0 radical (unpaired) electrons. The maximum atomic E-state index is 12.8. The van der Waals surface area contributed by atoms with Crippen molar-refractivity contribution >= 4 is 17.6 Å². The van der Waals surface area contributed by atoms with Gasteiger partial charge in [-0.2, -0.15) is 13.2 Å². The molecule has 0 spiro atoms. The minimum absolute atomic E-state index is 0.0272. The number of halogens is 3. The Bertz CT molecular complexity index is 1020. The largest absolute Gasteiger partial charge is 0.455 e. The molecule has 1 N–H and O–H groups in total. The number of esters is 1. The number of hydrogen-bond donors (Lipinski definition) is 1. The highest BCUT2D eigenvalue weighted by Crippen LogP contribution is 2.30. The van der Waals surface area contributed by atoms with Crippen LogP contribution in [0.15, 0.2) is 84.9 Å². The molecule has 0 heterocycles. The number of ether oxygens (including phenoxy) is 1. The lowest BCUT2D eigenvalue weighted by Crippen LogP contribution is -2.32. The average Bonchev–Trinajstić information content (AvgIpc) is 2.79. The number of carbonyl (C=O) groups is 2. The molecule has 0 saturated carbocycles. The van der Waals surface area contributed by atoms with Crippen LogP contribution in [0.3, 0.4) is 0 Å². The Labute approximate surface area is 189 Å². The van der Waals surface area contributed by atoms with Crippen molar-refractivity contribution in [3.05, 3.63) is 102 Å². The summed E-state index contributed by atoms with van der Waals surface area (Å²) in [5.74, 6) is -1.33. The van der Waals surface area contributed by atoms with Gasteiger partial charge < -0.3 is 10.1 Å². The number of anilines is 1. The number of carbonyl (C=O) groups excluding carboxylic acids is 2. The Morgan fingerprint density at radius 3 is 1.94 bits per heavy atom. The third-order valence-corrected chi connectivity index (χ3v) is 4.69. The Hall–Kier alpha value is -3.65. The molecule has 3 aromatic carbocycles. The summed E-state index contributed by atoms with van der Waals surface area (Å²) in [6, 6.07) is 23.5. The van der Waals surface area contributed by atoms with E-state index in [9.17, 15) is 22.8 Å². The fraction of sp³-hybridized carbons (Fsp3) is 0.200. The molecule has 1 amide bonds. The van der Waals surface area contributed by atoms with Crippen LogP contribution in [0.4, 0.5) is 18.9 Å². The molecule has 0 unspecified atom stereocenters. The molecule has 5 nitrogen and oxygen atoms in total. The zero-order valence-electron chi connectivity index (χ0n) is 17.7. The van der Waals surface area contributed by atoms with E-state index < -0.39 is 30.2 Å². The zero-order valence-corrected chi connectivity index (χ0v) is 17.7. The standard InChI is InChI=1S/C25H23F3N2O3/c26-25(27,28)21-12-7-13-22(14-21)29-23(31)18-33-24(32)17-30(15-19-8-3-1-4-9-19)16-20-10-5-2-6-11-20/h1-14H,15-18H2,(H,29,31). The first kappa shape index (κ1) is 24.0. The Balaban J connectivity index is 1.55. The maximum absolute atomic E-state index is 12.8. The molecule has 172 valence electrons. The second-order valence-electron chi connectivity index (χ2n) is 7.40. The van der Waals surface area contributed by atoms with Gasteiger partial charge in [-0.3, -0.25) is 14.5 Å². The monoisotopic (exact) mass is 456 g/mol. The SMILES string of the molecule is O=C(COC(=O)CN(Cc1ccccc1)Cc1ccccc1)Nc1cccc(C(F)(F)F)c1. The van der Waals surface area contributed by atoms with E-state index in [0.717, 1.165) is 23.3 Å². The van der Waals surface area contributed by atoms with Crippen molar-refractivity contribution in [2.24, 2.45) is 0 Å². The molecule has 33 heavy (non-hydrogen) atoms. The topological polar surface area (TPSA) is 58.6 Å². The predicted molar refractivity (Wildman–Crippen MR) is 118 cm³/mol. The van der Waals surface area contributed by atoms with Gasteiger partial charge >= 0.3 is 12.1 Å². The summed E-state index contributed by atoms with van der Waals surface area (Å²) < 4.78 is 43.5. The summed E-state index contributed by atoms with van der Waals surface area (Å²) in [7, 11) is 0. The van der Waals surface area contributed by atoms with E-state index in [-0.39, 0.29) is 12.2 Å². The molecular weight excluding hydrogens is 433 g/mol. The minimum atomic E-state index is -4.52. The zero-order chi connectivity index (χ0) is 23.7. The summed E-state index contributed by atoms with van der Waals surface area (Å²) in [6.45, 7) is 0.350. The van der Waals surface area contributed by atoms with Gasteiger partial charge in [-0.1, -0.05) is 66.7 Å². The van der Waals surface area contributed by atoms with Crippen molar-refractivity contribution in [1.29, 1.82) is 0 Å². The lowest BCUT2D eigenvalue weighted by atomic mass is 10.1. The Morgan fingerprint density at radius 2 is 1.39 bits per heavy atom. The summed E-state index contributed by atoms with van der Waals surface area (Å²) in [6.07, 6.45) is -4.52. The van der Waals surface area contributed by atoms with E-state index in [4.69, 9.17) is 4.74 Å². The molecule has 0 aliphatic heterocycles. The van der Waals surface area contributed by atoms with E-state index in [1.54, 1.807) is 0 Å². The van der Waals surface area contributed by atoms with Gasteiger partial charge in [0, 0.05) is 18.8 Å². The number of nitrogens with one attached hydrogen (secondary N) is 1. The molecule has 3 aromatic rings. The first-order valence-corrected chi connectivity index (χ1v) is 10.2. The van der Waals surface area contributed by atoms with E-state index in [1.807, 2.05) is 65.6 Å². The van der Waals surface area contributed by atoms with Gasteiger partial charge in [-0.05, 0) is 29.3 Å². The van der Waals surface area contributed by atoms with Crippen molar-refractivity contribution in [3.8, 4) is 0 Å². The second-order valence-corrected chi connectivity index (χ2v) is 7.40. The maximum Gasteiger partial charge on any atom is 0.416 e. The molecule has 0 saturated heterocycles. The van der Waals surface area contributed by atoms with Gasteiger partial charge in [0.25, 0.3) is 5.91 Å². The number of nitrogens with zero attached hydrogens (tertiary/aromatic N) is 1. The molecule has 3 rings (SSSR count). The highest BCUT2D eigenvalue weighted by Gasteiger charge is 2.30. The van der Waals surface area contributed by atoms with Gasteiger partial charge in [-0.25, -0.2) is 0 Å². The number of hydrogen-bond acceptors (Lipinski definition) is 4. The van der Waals surface area contributed by atoms with Crippen LogP contribution >= 0.6 is 0 Å². The summed E-state index contributed by atoms with van der Waals surface area (Å²) in [4.78, 5) is 26.3. The molecular formula is C25H23F3N2O3. The molecule has 0 aromatic heterocycles. The molecule has 0 atom stereocenters. The average molecular weight is 456 g/mol. The van der Waals surface area contributed by atoms with Crippen molar-refractivity contribution < 1.29 is 27.5 Å². The van der Waals surface area contributed by atoms with Gasteiger partial charge in [-0.15, -0.1) is 0 Å². The van der Waals surface area contributed by atoms with Gasteiger partial charge in [0.1, 0.15) is 0 Å². The van der Waals surface area contributed by atoms with Crippen molar-refractivity contribution in [2.75, 3.05) is 18.5 Å².